The number of aliphatic hydroxyl groups is 1. The number of hydrogen-bond donors (Lipinski definition) is 1. The van der Waals surface area contributed by atoms with Crippen LogP contribution in [0.1, 0.15) is 36.8 Å². The summed E-state index contributed by atoms with van der Waals surface area (Å²) in [6.45, 7) is 0.509. The molecule has 2 aromatic carbocycles. The molecule has 0 amide bonds. The molecule has 1 aliphatic rings. The summed E-state index contributed by atoms with van der Waals surface area (Å²) in [4.78, 5) is 2.40. The van der Waals surface area contributed by atoms with Gasteiger partial charge < -0.3 is 9.84 Å². The summed E-state index contributed by atoms with van der Waals surface area (Å²) < 4.78 is 6.11. The molecule has 1 aliphatic carbocycles. The average Bonchev–Trinajstić information content (AvgIpc) is 2.72. The molecule has 0 aromatic heterocycles. The lowest BCUT2D eigenvalue weighted by Gasteiger charge is -2.47. The molecule has 0 aliphatic heterocycles. The first-order valence-electron chi connectivity index (χ1n) is 10.1. The smallest absolute Gasteiger partial charge is 0.0701 e. The summed E-state index contributed by atoms with van der Waals surface area (Å²) in [7, 11) is 4.41. The first-order chi connectivity index (χ1) is 13.2. The van der Waals surface area contributed by atoms with Crippen LogP contribution in [-0.2, 0) is 16.7 Å². The largest absolute Gasteiger partial charge is 0.394 e. The Labute approximate surface area is 164 Å². The fraction of sp³-hybridized carbons (Fsp3) is 0.500. The number of nitrogens with zero attached hydrogens (tertiary/aromatic N) is 1. The van der Waals surface area contributed by atoms with E-state index in [2.05, 4.69) is 79.7 Å². The van der Waals surface area contributed by atoms with Crippen molar-refractivity contribution in [3.05, 3.63) is 71.8 Å². The second-order valence-corrected chi connectivity index (χ2v) is 7.95. The minimum atomic E-state index is 0.0870. The van der Waals surface area contributed by atoms with Crippen molar-refractivity contribution < 1.29 is 9.84 Å². The van der Waals surface area contributed by atoms with Crippen molar-refractivity contribution in [2.75, 3.05) is 27.3 Å². The van der Waals surface area contributed by atoms with E-state index in [9.17, 15) is 5.11 Å². The predicted molar refractivity (Wildman–Crippen MR) is 111 cm³/mol. The number of hydrogen-bond acceptors (Lipinski definition) is 3. The molecule has 0 heterocycles. The molecule has 0 radical (unpaired) electrons. The monoisotopic (exact) mass is 367 g/mol. The van der Waals surface area contributed by atoms with Crippen LogP contribution in [0.25, 0.3) is 0 Å². The van der Waals surface area contributed by atoms with E-state index in [0.717, 1.165) is 32.1 Å². The first-order valence-corrected chi connectivity index (χ1v) is 10.1. The van der Waals surface area contributed by atoms with Gasteiger partial charge in [-0.05, 0) is 63.2 Å². The first kappa shape index (κ1) is 20.1. The van der Waals surface area contributed by atoms with Crippen molar-refractivity contribution in [1.29, 1.82) is 0 Å². The van der Waals surface area contributed by atoms with Gasteiger partial charge >= 0.3 is 0 Å². The van der Waals surface area contributed by atoms with Gasteiger partial charge in [-0.1, -0.05) is 60.7 Å². The molecule has 0 spiro atoms. The van der Waals surface area contributed by atoms with E-state index in [4.69, 9.17) is 4.74 Å². The second-order valence-electron chi connectivity index (χ2n) is 7.95. The fourth-order valence-electron chi connectivity index (χ4n) is 4.64. The number of benzene rings is 2. The van der Waals surface area contributed by atoms with Crippen LogP contribution >= 0.6 is 0 Å². The highest BCUT2D eigenvalue weighted by Crippen LogP contribution is 2.44. The minimum absolute atomic E-state index is 0.0870. The van der Waals surface area contributed by atoms with Crippen molar-refractivity contribution in [2.24, 2.45) is 5.92 Å². The van der Waals surface area contributed by atoms with Crippen LogP contribution in [0.4, 0.5) is 0 Å². The number of ether oxygens (including phenoxy) is 1. The van der Waals surface area contributed by atoms with Crippen molar-refractivity contribution in [2.45, 2.75) is 43.7 Å². The highest BCUT2D eigenvalue weighted by atomic mass is 16.5. The lowest BCUT2D eigenvalue weighted by molar-refractivity contribution is -0.0335. The van der Waals surface area contributed by atoms with Gasteiger partial charge in [0.25, 0.3) is 0 Å². The maximum atomic E-state index is 9.25. The van der Waals surface area contributed by atoms with Gasteiger partial charge in [-0.15, -0.1) is 0 Å². The van der Waals surface area contributed by atoms with Crippen LogP contribution in [0.5, 0.6) is 0 Å². The van der Waals surface area contributed by atoms with Gasteiger partial charge in [0.05, 0.1) is 19.3 Å². The Morgan fingerprint density at radius 1 is 1.00 bits per heavy atom. The molecule has 2 aromatic rings. The predicted octanol–water partition coefficient (Wildman–Crippen LogP) is 4.25. The Morgan fingerprint density at radius 2 is 1.59 bits per heavy atom. The van der Waals surface area contributed by atoms with Gasteiger partial charge in [0.1, 0.15) is 0 Å². The zero-order valence-corrected chi connectivity index (χ0v) is 16.7. The summed E-state index contributed by atoms with van der Waals surface area (Å²) in [6.07, 6.45) is 5.68. The highest BCUT2D eigenvalue weighted by molar-refractivity contribution is 5.25. The van der Waals surface area contributed by atoms with E-state index in [1.165, 1.54) is 11.1 Å². The van der Waals surface area contributed by atoms with Crippen LogP contribution in [-0.4, -0.2) is 43.4 Å². The van der Waals surface area contributed by atoms with Gasteiger partial charge in [0.2, 0.25) is 0 Å². The molecule has 0 saturated heterocycles. The van der Waals surface area contributed by atoms with Gasteiger partial charge in [-0.25, -0.2) is 0 Å². The maximum absolute atomic E-state index is 9.25. The third kappa shape index (κ3) is 4.78. The van der Waals surface area contributed by atoms with E-state index in [-0.39, 0.29) is 18.2 Å². The maximum Gasteiger partial charge on any atom is 0.0701 e. The Balaban J connectivity index is 1.72. The molecule has 0 bridgehead atoms. The van der Waals surface area contributed by atoms with E-state index in [0.29, 0.717) is 12.5 Å². The third-order valence-electron chi connectivity index (χ3n) is 6.25. The summed E-state index contributed by atoms with van der Waals surface area (Å²) in [6, 6.07) is 21.5. The molecule has 3 nitrogen and oxygen atoms in total. The minimum Gasteiger partial charge on any atom is -0.394 e. The Hall–Kier alpha value is -1.68. The molecule has 3 heteroatoms. The van der Waals surface area contributed by atoms with E-state index in [1.54, 1.807) is 0 Å². The number of rotatable bonds is 8. The standard InChI is InChI=1S/C24H33NO2/c1-25(2)24(22-11-7-4-8-12-22)15-13-21(14-16-24)23(27-18-17-26)19-20-9-5-3-6-10-20/h3-12,21,23,26H,13-19H2,1-2H3. The molecule has 1 saturated carbocycles. The molecule has 27 heavy (non-hydrogen) atoms. The van der Waals surface area contributed by atoms with Gasteiger partial charge in [0.15, 0.2) is 0 Å². The van der Waals surface area contributed by atoms with Crippen molar-refractivity contribution >= 4 is 0 Å². The summed E-state index contributed by atoms with van der Waals surface area (Å²) in [5.41, 5.74) is 2.85. The lowest BCUT2D eigenvalue weighted by Crippen LogP contribution is -2.46. The van der Waals surface area contributed by atoms with Crippen molar-refractivity contribution in [3.8, 4) is 0 Å². The van der Waals surface area contributed by atoms with E-state index in [1.807, 2.05) is 0 Å². The average molecular weight is 368 g/mol. The van der Waals surface area contributed by atoms with Gasteiger partial charge in [0, 0.05) is 5.54 Å². The topological polar surface area (TPSA) is 32.7 Å². The molecule has 146 valence electrons. The summed E-state index contributed by atoms with van der Waals surface area (Å²) in [5.74, 6) is 0.536. The van der Waals surface area contributed by atoms with Crippen LogP contribution in [0.3, 0.4) is 0 Å². The van der Waals surface area contributed by atoms with Crippen LogP contribution in [0.2, 0.25) is 0 Å². The van der Waals surface area contributed by atoms with Crippen LogP contribution < -0.4 is 0 Å². The SMILES string of the molecule is CN(C)C1(c2ccccc2)CCC(C(Cc2ccccc2)OCCO)CC1. The zero-order chi connectivity index (χ0) is 19.1. The van der Waals surface area contributed by atoms with Gasteiger partial charge in [-0.3, -0.25) is 4.90 Å². The van der Waals surface area contributed by atoms with Gasteiger partial charge in [-0.2, -0.15) is 0 Å². The normalized spacial score (nSPS) is 24.1. The summed E-state index contributed by atoms with van der Waals surface area (Å²) >= 11 is 0. The third-order valence-corrected chi connectivity index (χ3v) is 6.25. The molecular weight excluding hydrogens is 334 g/mol. The molecular formula is C24H33NO2. The molecule has 1 fully saturated rings. The van der Waals surface area contributed by atoms with E-state index >= 15 is 0 Å². The molecule has 3 rings (SSSR count). The second kappa shape index (κ2) is 9.50. The fourth-order valence-corrected chi connectivity index (χ4v) is 4.64. The lowest BCUT2D eigenvalue weighted by atomic mass is 9.70. The Morgan fingerprint density at radius 3 is 2.15 bits per heavy atom. The van der Waals surface area contributed by atoms with Crippen LogP contribution in [0.15, 0.2) is 60.7 Å². The van der Waals surface area contributed by atoms with Crippen molar-refractivity contribution in [1.82, 2.24) is 4.90 Å². The number of aliphatic hydroxyl groups excluding tert-OH is 1. The van der Waals surface area contributed by atoms with Crippen molar-refractivity contribution in [3.63, 3.8) is 0 Å². The Bertz CT molecular complexity index is 663. The zero-order valence-electron chi connectivity index (χ0n) is 16.7. The van der Waals surface area contributed by atoms with E-state index < -0.39 is 0 Å². The summed E-state index contributed by atoms with van der Waals surface area (Å²) in [5, 5.41) is 9.25. The Kier molecular flexibility index (Phi) is 7.06. The molecule has 1 N–H and O–H groups in total. The highest BCUT2D eigenvalue weighted by Gasteiger charge is 2.40. The molecule has 1 atom stereocenters. The quantitative estimate of drug-likeness (QED) is 0.757. The molecule has 1 unspecified atom stereocenters. The van der Waals surface area contributed by atoms with Crippen LogP contribution in [0, 0.1) is 5.92 Å².